The SMILES string of the molecule is CCNC(c1c(F)cccc1F)C1COC(C)C1. The van der Waals surface area contributed by atoms with E-state index in [0.29, 0.717) is 13.2 Å². The van der Waals surface area contributed by atoms with Crippen molar-refractivity contribution in [3.63, 3.8) is 0 Å². The van der Waals surface area contributed by atoms with Gasteiger partial charge in [-0.1, -0.05) is 13.0 Å². The Kier molecular flexibility index (Phi) is 4.30. The van der Waals surface area contributed by atoms with Crippen molar-refractivity contribution in [1.82, 2.24) is 5.32 Å². The summed E-state index contributed by atoms with van der Waals surface area (Å²) >= 11 is 0. The maximum absolute atomic E-state index is 13.9. The highest BCUT2D eigenvalue weighted by molar-refractivity contribution is 5.24. The van der Waals surface area contributed by atoms with Crippen LogP contribution in [0.15, 0.2) is 18.2 Å². The zero-order valence-electron chi connectivity index (χ0n) is 10.7. The lowest BCUT2D eigenvalue weighted by atomic mass is 9.90. The Morgan fingerprint density at radius 2 is 2.06 bits per heavy atom. The number of rotatable bonds is 4. The van der Waals surface area contributed by atoms with Crippen molar-refractivity contribution in [2.24, 2.45) is 5.92 Å². The van der Waals surface area contributed by atoms with Gasteiger partial charge in [0.2, 0.25) is 0 Å². The van der Waals surface area contributed by atoms with E-state index >= 15 is 0 Å². The van der Waals surface area contributed by atoms with Gasteiger partial charge in [-0.25, -0.2) is 8.78 Å². The van der Waals surface area contributed by atoms with Gasteiger partial charge in [0.15, 0.2) is 0 Å². The normalized spacial score (nSPS) is 25.3. The van der Waals surface area contributed by atoms with Crippen molar-refractivity contribution >= 4 is 0 Å². The fourth-order valence-corrected chi connectivity index (χ4v) is 2.61. The maximum atomic E-state index is 13.9. The molecule has 1 fully saturated rings. The summed E-state index contributed by atoms with van der Waals surface area (Å²) in [6.45, 7) is 5.14. The average Bonchev–Trinajstić information content (AvgIpc) is 2.74. The van der Waals surface area contributed by atoms with Crippen molar-refractivity contribution in [3.8, 4) is 0 Å². The third kappa shape index (κ3) is 2.70. The van der Waals surface area contributed by atoms with E-state index in [1.165, 1.54) is 18.2 Å². The number of hydrogen-bond donors (Lipinski definition) is 1. The van der Waals surface area contributed by atoms with Crippen molar-refractivity contribution < 1.29 is 13.5 Å². The van der Waals surface area contributed by atoms with Gasteiger partial charge in [-0.3, -0.25) is 0 Å². The van der Waals surface area contributed by atoms with E-state index in [2.05, 4.69) is 5.32 Å². The summed E-state index contributed by atoms with van der Waals surface area (Å²) in [6, 6.07) is 3.69. The van der Waals surface area contributed by atoms with E-state index < -0.39 is 11.6 Å². The first-order chi connectivity index (χ1) is 8.63. The topological polar surface area (TPSA) is 21.3 Å². The van der Waals surface area contributed by atoms with E-state index in [9.17, 15) is 8.78 Å². The minimum atomic E-state index is -0.486. The van der Waals surface area contributed by atoms with Gasteiger partial charge in [0.25, 0.3) is 0 Å². The summed E-state index contributed by atoms with van der Waals surface area (Å²) in [5.41, 5.74) is 0.141. The molecule has 1 aromatic carbocycles. The lowest BCUT2D eigenvalue weighted by molar-refractivity contribution is 0.116. The van der Waals surface area contributed by atoms with Gasteiger partial charge in [0.1, 0.15) is 11.6 Å². The Labute approximate surface area is 106 Å². The summed E-state index contributed by atoms with van der Waals surface area (Å²) in [4.78, 5) is 0. The van der Waals surface area contributed by atoms with Crippen LogP contribution in [0.3, 0.4) is 0 Å². The molecule has 4 heteroatoms. The molecule has 1 aliphatic rings. The zero-order chi connectivity index (χ0) is 13.1. The maximum Gasteiger partial charge on any atom is 0.130 e. The molecule has 2 rings (SSSR count). The van der Waals surface area contributed by atoms with Gasteiger partial charge in [-0.15, -0.1) is 0 Å². The van der Waals surface area contributed by atoms with Crippen LogP contribution in [0.1, 0.15) is 31.9 Å². The first-order valence-electron chi connectivity index (χ1n) is 6.42. The molecule has 100 valence electrons. The van der Waals surface area contributed by atoms with E-state index in [1.807, 2.05) is 13.8 Å². The van der Waals surface area contributed by atoms with Crippen LogP contribution in [0.2, 0.25) is 0 Å². The van der Waals surface area contributed by atoms with Gasteiger partial charge in [-0.05, 0) is 32.0 Å². The first kappa shape index (κ1) is 13.4. The van der Waals surface area contributed by atoms with Crippen LogP contribution in [-0.4, -0.2) is 19.3 Å². The number of ether oxygens (including phenoxy) is 1. The molecule has 1 aliphatic heterocycles. The highest BCUT2D eigenvalue weighted by Gasteiger charge is 2.33. The van der Waals surface area contributed by atoms with Gasteiger partial charge >= 0.3 is 0 Å². The third-order valence-electron chi connectivity index (χ3n) is 3.44. The van der Waals surface area contributed by atoms with Crippen molar-refractivity contribution in [2.45, 2.75) is 32.4 Å². The second-order valence-electron chi connectivity index (χ2n) is 4.81. The van der Waals surface area contributed by atoms with Gasteiger partial charge in [-0.2, -0.15) is 0 Å². The van der Waals surface area contributed by atoms with E-state index in [0.717, 1.165) is 6.42 Å². The van der Waals surface area contributed by atoms with E-state index in [4.69, 9.17) is 4.74 Å². The van der Waals surface area contributed by atoms with Gasteiger partial charge in [0.05, 0.1) is 12.7 Å². The summed E-state index contributed by atoms with van der Waals surface area (Å²) in [6.07, 6.45) is 0.983. The quantitative estimate of drug-likeness (QED) is 0.893. The number of benzene rings is 1. The largest absolute Gasteiger partial charge is 0.378 e. The number of hydrogen-bond acceptors (Lipinski definition) is 2. The molecule has 2 nitrogen and oxygen atoms in total. The van der Waals surface area contributed by atoms with Gasteiger partial charge in [0, 0.05) is 17.5 Å². The van der Waals surface area contributed by atoms with Crippen LogP contribution in [-0.2, 0) is 4.74 Å². The Hall–Kier alpha value is -1.00. The summed E-state index contributed by atoms with van der Waals surface area (Å²) in [5.74, 6) is -0.854. The lowest BCUT2D eigenvalue weighted by Gasteiger charge is -2.24. The standard InChI is InChI=1S/C14H19F2NO/c1-3-17-14(10-7-9(2)18-8-10)13-11(15)5-4-6-12(13)16/h4-6,9-10,14,17H,3,7-8H2,1-2H3. The second-order valence-corrected chi connectivity index (χ2v) is 4.81. The minimum Gasteiger partial charge on any atom is -0.378 e. The lowest BCUT2D eigenvalue weighted by Crippen LogP contribution is -2.30. The van der Waals surface area contributed by atoms with Crippen LogP contribution in [0.4, 0.5) is 8.78 Å². The molecule has 0 aliphatic carbocycles. The highest BCUT2D eigenvalue weighted by Crippen LogP contribution is 2.34. The summed E-state index contributed by atoms with van der Waals surface area (Å²) < 4.78 is 33.2. The summed E-state index contributed by atoms with van der Waals surface area (Å²) in [5, 5.41) is 3.18. The molecule has 0 saturated carbocycles. The van der Waals surface area contributed by atoms with Crippen molar-refractivity contribution in [2.75, 3.05) is 13.2 Å². The molecule has 3 atom stereocenters. The molecule has 0 bridgehead atoms. The molecular formula is C14H19F2NO. The molecule has 0 radical (unpaired) electrons. The molecule has 0 aromatic heterocycles. The van der Waals surface area contributed by atoms with E-state index in [-0.39, 0.29) is 23.6 Å². The average molecular weight is 255 g/mol. The Morgan fingerprint density at radius 1 is 1.39 bits per heavy atom. The monoisotopic (exact) mass is 255 g/mol. The molecule has 1 saturated heterocycles. The number of halogens is 2. The highest BCUT2D eigenvalue weighted by atomic mass is 19.1. The minimum absolute atomic E-state index is 0.117. The molecule has 3 unspecified atom stereocenters. The second kappa shape index (κ2) is 5.76. The van der Waals surface area contributed by atoms with Crippen LogP contribution >= 0.6 is 0 Å². The fraction of sp³-hybridized carbons (Fsp3) is 0.571. The van der Waals surface area contributed by atoms with E-state index in [1.54, 1.807) is 0 Å². The molecule has 1 heterocycles. The van der Waals surface area contributed by atoms with Crippen molar-refractivity contribution in [1.29, 1.82) is 0 Å². The van der Waals surface area contributed by atoms with Crippen LogP contribution in [0.5, 0.6) is 0 Å². The number of nitrogens with one attached hydrogen (secondary N) is 1. The zero-order valence-corrected chi connectivity index (χ0v) is 10.7. The molecule has 1 aromatic rings. The first-order valence-corrected chi connectivity index (χ1v) is 6.42. The Morgan fingerprint density at radius 3 is 2.56 bits per heavy atom. The van der Waals surface area contributed by atoms with Crippen LogP contribution in [0, 0.1) is 17.6 Å². The molecular weight excluding hydrogens is 236 g/mol. The predicted octanol–water partition coefficient (Wildman–Crippen LogP) is 3.04. The summed E-state index contributed by atoms with van der Waals surface area (Å²) in [7, 11) is 0. The van der Waals surface area contributed by atoms with Crippen LogP contribution < -0.4 is 5.32 Å². The third-order valence-corrected chi connectivity index (χ3v) is 3.44. The molecule has 1 N–H and O–H groups in total. The van der Waals surface area contributed by atoms with Crippen LogP contribution in [0.25, 0.3) is 0 Å². The van der Waals surface area contributed by atoms with Gasteiger partial charge < -0.3 is 10.1 Å². The fourth-order valence-electron chi connectivity index (χ4n) is 2.61. The molecule has 0 amide bonds. The molecule has 0 spiro atoms. The Balaban J connectivity index is 2.29. The van der Waals surface area contributed by atoms with Crippen molar-refractivity contribution in [3.05, 3.63) is 35.4 Å². The molecule has 18 heavy (non-hydrogen) atoms. The predicted molar refractivity (Wildman–Crippen MR) is 66.3 cm³/mol. The smallest absolute Gasteiger partial charge is 0.130 e. The Bertz CT molecular complexity index is 391.